The minimum absolute atomic E-state index is 0.0660. The monoisotopic (exact) mass is 448 g/mol. The van der Waals surface area contributed by atoms with Gasteiger partial charge in [0.15, 0.2) is 0 Å². The van der Waals surface area contributed by atoms with Gasteiger partial charge in [-0.15, -0.1) is 0 Å². The molecule has 1 aliphatic rings. The zero-order valence-corrected chi connectivity index (χ0v) is 20.3. The summed E-state index contributed by atoms with van der Waals surface area (Å²) < 4.78 is 10.8. The molecule has 8 heteroatoms. The van der Waals surface area contributed by atoms with Crippen LogP contribution in [-0.4, -0.2) is 46.7 Å². The Hall–Kier alpha value is -2.64. The lowest BCUT2D eigenvalue weighted by Gasteiger charge is -2.33. The molecule has 0 saturated carbocycles. The maximum atomic E-state index is 13.4. The van der Waals surface area contributed by atoms with Gasteiger partial charge in [0, 0.05) is 4.92 Å². The molecule has 1 heterocycles. The van der Waals surface area contributed by atoms with E-state index in [2.05, 4.69) is 0 Å². The predicted octanol–water partition coefficient (Wildman–Crippen LogP) is 4.95. The number of ether oxygens (including phenoxy) is 2. The lowest BCUT2D eigenvalue weighted by atomic mass is 9.72. The number of amides is 1. The highest BCUT2D eigenvalue weighted by Crippen LogP contribution is 2.50. The molecule has 0 aromatic heterocycles. The van der Waals surface area contributed by atoms with Crippen molar-refractivity contribution in [3.63, 3.8) is 0 Å². The van der Waals surface area contributed by atoms with Gasteiger partial charge in [-0.2, -0.15) is 0 Å². The van der Waals surface area contributed by atoms with Crippen molar-refractivity contribution in [2.75, 3.05) is 6.61 Å². The smallest absolute Gasteiger partial charge is 0.411 e. The van der Waals surface area contributed by atoms with E-state index >= 15 is 0 Å². The van der Waals surface area contributed by atoms with Crippen LogP contribution in [-0.2, 0) is 14.3 Å². The summed E-state index contributed by atoms with van der Waals surface area (Å²) in [6.07, 6.45) is -1.20. The van der Waals surface area contributed by atoms with Gasteiger partial charge in [0.25, 0.3) is 0 Å². The Labute approximate surface area is 190 Å². The van der Waals surface area contributed by atoms with Gasteiger partial charge in [0.1, 0.15) is 12.1 Å². The average molecular weight is 449 g/mol. The van der Waals surface area contributed by atoms with Gasteiger partial charge < -0.3 is 9.47 Å². The molecule has 0 N–H and O–H groups in total. The summed E-state index contributed by atoms with van der Waals surface area (Å²) in [5.74, 6) is -1.36. The average Bonchev–Trinajstić information content (AvgIpc) is 3.04. The van der Waals surface area contributed by atoms with E-state index in [0.29, 0.717) is 5.56 Å². The number of benzene rings is 1. The van der Waals surface area contributed by atoms with Crippen molar-refractivity contribution < 1.29 is 24.0 Å². The number of esters is 1. The van der Waals surface area contributed by atoms with Gasteiger partial charge in [0.05, 0.1) is 18.6 Å². The summed E-state index contributed by atoms with van der Waals surface area (Å²) in [5, 5.41) is 12.5. The summed E-state index contributed by atoms with van der Waals surface area (Å²) >= 11 is 0. The topological polar surface area (TPSA) is 99.0 Å². The van der Waals surface area contributed by atoms with E-state index in [1.54, 1.807) is 32.9 Å². The number of likely N-dealkylation sites (tertiary alicyclic amines) is 1. The first kappa shape index (κ1) is 25.6. The summed E-state index contributed by atoms with van der Waals surface area (Å²) in [5.41, 5.74) is 0.891. The molecule has 1 amide bonds. The molecule has 1 aromatic rings. The minimum Gasteiger partial charge on any atom is -0.464 e. The molecule has 178 valence electrons. The number of carbonyl (C=O) groups excluding carboxylic acids is 2. The molecule has 4 atom stereocenters. The largest absolute Gasteiger partial charge is 0.464 e. The van der Waals surface area contributed by atoms with Crippen molar-refractivity contribution in [2.45, 2.75) is 85.5 Å². The van der Waals surface area contributed by atoms with E-state index in [1.165, 1.54) is 4.90 Å². The SMILES string of the molecule is CCOC(=O)[C@@H]1[C@@H](C(C)(C)C)[C@H]([N+](=O)[O-])[C@H](c2ccccc2C(C)C)N1C(=O)OC(C)C. The summed E-state index contributed by atoms with van der Waals surface area (Å²) in [7, 11) is 0. The van der Waals surface area contributed by atoms with Crippen molar-refractivity contribution >= 4 is 12.1 Å². The summed E-state index contributed by atoms with van der Waals surface area (Å²) in [6, 6.07) is 4.08. The predicted molar refractivity (Wildman–Crippen MR) is 121 cm³/mol. The Kier molecular flexibility index (Phi) is 7.91. The Bertz CT molecular complexity index is 845. The third-order valence-corrected chi connectivity index (χ3v) is 5.89. The van der Waals surface area contributed by atoms with E-state index in [9.17, 15) is 19.7 Å². The standard InChI is InChI=1S/C24H36N2O6/c1-9-31-22(27)21-18(24(6,7)8)20(26(29)30)19(25(21)23(28)32-15(4)5)17-13-11-10-12-16(17)14(2)3/h10-15,18-21H,9H2,1-8H3/t18-,19-,20-,21-/m0/s1. The Balaban J connectivity index is 2.85. The van der Waals surface area contributed by atoms with Gasteiger partial charge in [-0.3, -0.25) is 15.0 Å². The number of nitro groups is 1. The number of rotatable bonds is 6. The van der Waals surface area contributed by atoms with Gasteiger partial charge >= 0.3 is 12.1 Å². The van der Waals surface area contributed by atoms with Crippen molar-refractivity contribution in [3.8, 4) is 0 Å². The number of nitrogens with zero attached hydrogens (tertiary/aromatic N) is 2. The molecule has 0 unspecified atom stereocenters. The maximum Gasteiger partial charge on any atom is 0.411 e. The van der Waals surface area contributed by atoms with Gasteiger partial charge in [-0.25, -0.2) is 9.59 Å². The van der Waals surface area contributed by atoms with Crippen LogP contribution in [0.3, 0.4) is 0 Å². The Morgan fingerprint density at radius 2 is 1.75 bits per heavy atom. The van der Waals surface area contributed by atoms with E-state index in [0.717, 1.165) is 5.56 Å². The fraction of sp³-hybridized carbons (Fsp3) is 0.667. The Morgan fingerprint density at radius 1 is 1.16 bits per heavy atom. The van der Waals surface area contributed by atoms with Crippen LogP contribution in [0.15, 0.2) is 24.3 Å². The lowest BCUT2D eigenvalue weighted by molar-refractivity contribution is -0.536. The molecule has 1 aliphatic heterocycles. The molecule has 0 radical (unpaired) electrons. The van der Waals surface area contributed by atoms with Gasteiger partial charge in [-0.05, 0) is 43.2 Å². The molecule has 2 rings (SSSR count). The quantitative estimate of drug-likeness (QED) is 0.347. The maximum absolute atomic E-state index is 13.4. The third-order valence-electron chi connectivity index (χ3n) is 5.89. The first-order valence-electron chi connectivity index (χ1n) is 11.2. The first-order chi connectivity index (χ1) is 14.8. The minimum atomic E-state index is -1.20. The van der Waals surface area contributed by atoms with Crippen LogP contribution in [0.4, 0.5) is 4.79 Å². The molecular formula is C24H36N2O6. The van der Waals surface area contributed by atoms with E-state index in [4.69, 9.17) is 9.47 Å². The van der Waals surface area contributed by atoms with Crippen LogP contribution >= 0.6 is 0 Å². The van der Waals surface area contributed by atoms with E-state index in [-0.39, 0.29) is 17.4 Å². The highest BCUT2D eigenvalue weighted by Gasteiger charge is 2.65. The molecule has 1 aromatic carbocycles. The van der Waals surface area contributed by atoms with Crippen molar-refractivity contribution in [2.24, 2.45) is 11.3 Å². The molecule has 0 aliphatic carbocycles. The third kappa shape index (κ3) is 5.05. The fourth-order valence-corrected chi connectivity index (χ4v) is 4.74. The lowest BCUT2D eigenvalue weighted by Crippen LogP contribution is -2.48. The van der Waals surface area contributed by atoms with Crippen molar-refractivity contribution in [3.05, 3.63) is 45.5 Å². The number of hydrogen-bond acceptors (Lipinski definition) is 6. The molecule has 0 bridgehead atoms. The second kappa shape index (κ2) is 9.88. The fourth-order valence-electron chi connectivity index (χ4n) is 4.74. The molecule has 1 fully saturated rings. The Morgan fingerprint density at radius 3 is 2.22 bits per heavy atom. The van der Waals surface area contributed by atoms with Crippen LogP contribution in [0.5, 0.6) is 0 Å². The van der Waals surface area contributed by atoms with E-state index < -0.39 is 47.6 Å². The molecule has 1 saturated heterocycles. The van der Waals surface area contributed by atoms with Crippen LogP contribution in [0, 0.1) is 21.4 Å². The van der Waals surface area contributed by atoms with Crippen LogP contribution in [0.1, 0.15) is 78.5 Å². The normalized spacial score (nSPS) is 23.5. The number of carbonyl (C=O) groups is 2. The second-order valence-electron chi connectivity index (χ2n) is 9.93. The first-order valence-corrected chi connectivity index (χ1v) is 11.2. The van der Waals surface area contributed by atoms with Crippen LogP contribution in [0.25, 0.3) is 0 Å². The van der Waals surface area contributed by atoms with Crippen LogP contribution < -0.4 is 0 Å². The van der Waals surface area contributed by atoms with Crippen molar-refractivity contribution in [1.82, 2.24) is 4.90 Å². The van der Waals surface area contributed by atoms with E-state index in [1.807, 2.05) is 46.8 Å². The highest BCUT2D eigenvalue weighted by molar-refractivity contribution is 5.83. The molecule has 0 spiro atoms. The zero-order chi connectivity index (χ0) is 24.4. The van der Waals surface area contributed by atoms with Crippen LogP contribution in [0.2, 0.25) is 0 Å². The highest BCUT2D eigenvalue weighted by atomic mass is 16.6. The summed E-state index contributed by atoms with van der Waals surface area (Å²) in [6.45, 7) is 14.7. The molecule has 8 nitrogen and oxygen atoms in total. The number of hydrogen-bond donors (Lipinski definition) is 0. The molecular weight excluding hydrogens is 412 g/mol. The zero-order valence-electron chi connectivity index (χ0n) is 20.3. The summed E-state index contributed by atoms with van der Waals surface area (Å²) in [4.78, 5) is 40.0. The molecule has 32 heavy (non-hydrogen) atoms. The van der Waals surface area contributed by atoms with Gasteiger partial charge in [-0.1, -0.05) is 58.9 Å². The second-order valence-corrected chi connectivity index (χ2v) is 9.93. The van der Waals surface area contributed by atoms with Gasteiger partial charge in [0.2, 0.25) is 6.04 Å². The van der Waals surface area contributed by atoms with Crippen molar-refractivity contribution in [1.29, 1.82) is 0 Å².